The van der Waals surface area contributed by atoms with Gasteiger partial charge in [-0.3, -0.25) is 4.79 Å². The van der Waals surface area contributed by atoms with Gasteiger partial charge in [0.05, 0.1) is 6.04 Å². The number of ether oxygens (including phenoxy) is 2. The van der Waals surface area contributed by atoms with E-state index in [2.05, 4.69) is 10.6 Å². The number of para-hydroxylation sites is 2. The first-order chi connectivity index (χ1) is 20.0. The van der Waals surface area contributed by atoms with Gasteiger partial charge in [0, 0.05) is 23.5 Å². The third kappa shape index (κ3) is 5.24. The van der Waals surface area contributed by atoms with Gasteiger partial charge in [0.1, 0.15) is 24.1 Å². The Balaban J connectivity index is 1.07. The van der Waals surface area contributed by atoms with E-state index in [4.69, 9.17) is 9.47 Å². The normalized spacial score (nSPS) is 14.0. The van der Waals surface area contributed by atoms with Gasteiger partial charge in [-0.25, -0.2) is 9.59 Å². The van der Waals surface area contributed by atoms with Gasteiger partial charge in [0.2, 0.25) is 5.91 Å². The standard InChI is InChI=1S/C33H28N2O6/c36-30(35-31-24-13-5-7-15-28(24)41-29-16-8-6-14-25(29)31)18-17-27(32(37)38)34-33(39)40-19-26-22-11-3-1-9-20(22)21-10-2-4-12-23(21)26/h1-16,26-27,31H,17-19H2,(H,34,39)(H,35,36)(H,37,38)/t27-/m0/s1. The molecule has 1 heterocycles. The summed E-state index contributed by atoms with van der Waals surface area (Å²) in [7, 11) is 0. The van der Waals surface area contributed by atoms with Crippen molar-refractivity contribution in [3.8, 4) is 22.6 Å². The zero-order valence-corrected chi connectivity index (χ0v) is 22.1. The van der Waals surface area contributed by atoms with E-state index in [1.165, 1.54) is 0 Å². The molecule has 2 aliphatic rings. The largest absolute Gasteiger partial charge is 0.480 e. The van der Waals surface area contributed by atoms with Crippen molar-refractivity contribution in [2.75, 3.05) is 6.61 Å². The summed E-state index contributed by atoms with van der Waals surface area (Å²) < 4.78 is 11.5. The van der Waals surface area contributed by atoms with Crippen molar-refractivity contribution in [2.45, 2.75) is 30.8 Å². The molecule has 1 aliphatic carbocycles. The van der Waals surface area contributed by atoms with Gasteiger partial charge in [-0.2, -0.15) is 0 Å². The highest BCUT2D eigenvalue weighted by molar-refractivity contribution is 5.83. The lowest BCUT2D eigenvalue weighted by molar-refractivity contribution is -0.139. The highest BCUT2D eigenvalue weighted by Crippen LogP contribution is 2.45. The predicted octanol–water partition coefficient (Wildman–Crippen LogP) is 5.77. The number of rotatable bonds is 8. The van der Waals surface area contributed by atoms with Crippen LogP contribution in [-0.2, 0) is 14.3 Å². The number of carbonyl (C=O) groups is 3. The lowest BCUT2D eigenvalue weighted by Gasteiger charge is -2.29. The fraction of sp³-hybridized carbons (Fsp3) is 0.182. The number of aliphatic carboxylic acids is 1. The van der Waals surface area contributed by atoms with Crippen molar-refractivity contribution < 1.29 is 29.0 Å². The van der Waals surface area contributed by atoms with Gasteiger partial charge < -0.3 is 25.2 Å². The van der Waals surface area contributed by atoms with Gasteiger partial charge >= 0.3 is 12.1 Å². The summed E-state index contributed by atoms with van der Waals surface area (Å²) in [5.74, 6) is -0.434. The Labute approximate surface area is 236 Å². The molecule has 0 saturated heterocycles. The van der Waals surface area contributed by atoms with Crippen molar-refractivity contribution in [2.24, 2.45) is 0 Å². The van der Waals surface area contributed by atoms with E-state index in [-0.39, 0.29) is 31.3 Å². The summed E-state index contributed by atoms with van der Waals surface area (Å²) in [6.07, 6.45) is -1.05. The minimum Gasteiger partial charge on any atom is -0.480 e. The molecule has 1 atom stereocenters. The van der Waals surface area contributed by atoms with Crippen LogP contribution < -0.4 is 15.4 Å². The average Bonchev–Trinajstić information content (AvgIpc) is 3.31. The fourth-order valence-corrected chi connectivity index (χ4v) is 5.61. The second kappa shape index (κ2) is 11.2. The number of amides is 2. The molecule has 0 spiro atoms. The van der Waals surface area contributed by atoms with E-state index in [0.717, 1.165) is 33.4 Å². The molecule has 4 aromatic rings. The third-order valence-electron chi connectivity index (χ3n) is 7.58. The summed E-state index contributed by atoms with van der Waals surface area (Å²) in [5.41, 5.74) is 5.94. The molecule has 206 valence electrons. The molecule has 0 radical (unpaired) electrons. The number of carboxylic acids is 1. The van der Waals surface area contributed by atoms with Crippen LogP contribution in [-0.4, -0.2) is 35.7 Å². The Kier molecular flexibility index (Phi) is 7.12. The number of alkyl carbamates (subject to hydrolysis) is 1. The average molecular weight is 549 g/mol. The summed E-state index contributed by atoms with van der Waals surface area (Å²) >= 11 is 0. The van der Waals surface area contributed by atoms with Gasteiger partial charge in [0.15, 0.2) is 0 Å². The van der Waals surface area contributed by atoms with Crippen LogP contribution in [0.2, 0.25) is 0 Å². The fourth-order valence-electron chi connectivity index (χ4n) is 5.61. The number of nitrogens with one attached hydrogen (secondary N) is 2. The maximum absolute atomic E-state index is 13.0. The van der Waals surface area contributed by atoms with E-state index in [1.54, 1.807) is 0 Å². The van der Waals surface area contributed by atoms with Crippen molar-refractivity contribution in [3.05, 3.63) is 119 Å². The number of carboxylic acid groups (broad SMARTS) is 1. The van der Waals surface area contributed by atoms with Crippen molar-refractivity contribution >= 4 is 18.0 Å². The maximum atomic E-state index is 13.0. The van der Waals surface area contributed by atoms with Crippen molar-refractivity contribution in [1.82, 2.24) is 10.6 Å². The summed E-state index contributed by atoms with van der Waals surface area (Å²) in [6.45, 7) is 0.0647. The monoisotopic (exact) mass is 548 g/mol. The number of carbonyl (C=O) groups excluding carboxylic acids is 2. The van der Waals surface area contributed by atoms with Gasteiger partial charge in [-0.15, -0.1) is 0 Å². The molecule has 0 aromatic heterocycles. The van der Waals surface area contributed by atoms with Gasteiger partial charge in [-0.1, -0.05) is 84.9 Å². The second-order valence-electron chi connectivity index (χ2n) is 10.1. The Morgan fingerprint density at radius 2 is 1.27 bits per heavy atom. The van der Waals surface area contributed by atoms with E-state index < -0.39 is 24.1 Å². The molecule has 2 amide bonds. The second-order valence-corrected chi connectivity index (χ2v) is 10.1. The van der Waals surface area contributed by atoms with Crippen LogP contribution in [0.15, 0.2) is 97.1 Å². The first-order valence-electron chi connectivity index (χ1n) is 13.5. The molecule has 0 unspecified atom stereocenters. The Morgan fingerprint density at radius 1 is 0.756 bits per heavy atom. The molecule has 41 heavy (non-hydrogen) atoms. The molecule has 0 bridgehead atoms. The number of fused-ring (bicyclic) bond motifs is 5. The van der Waals surface area contributed by atoms with Crippen LogP contribution >= 0.6 is 0 Å². The molecular weight excluding hydrogens is 520 g/mol. The van der Waals surface area contributed by atoms with E-state index in [1.807, 2.05) is 97.1 Å². The number of hydrogen-bond donors (Lipinski definition) is 3. The van der Waals surface area contributed by atoms with E-state index >= 15 is 0 Å². The maximum Gasteiger partial charge on any atom is 0.407 e. The van der Waals surface area contributed by atoms with Crippen molar-refractivity contribution in [3.63, 3.8) is 0 Å². The lowest BCUT2D eigenvalue weighted by atomic mass is 9.94. The SMILES string of the molecule is O=C(CC[C@H](NC(=O)OCC1c2ccccc2-c2ccccc21)C(=O)O)NC1c2ccccc2Oc2ccccc21. The van der Waals surface area contributed by atoms with Crippen LogP contribution in [0.3, 0.4) is 0 Å². The molecule has 4 aromatic carbocycles. The van der Waals surface area contributed by atoms with Crippen LogP contribution in [0.25, 0.3) is 11.1 Å². The lowest BCUT2D eigenvalue weighted by Crippen LogP contribution is -2.42. The topological polar surface area (TPSA) is 114 Å². The zero-order valence-electron chi connectivity index (χ0n) is 22.1. The predicted molar refractivity (Wildman–Crippen MR) is 152 cm³/mol. The first kappa shape index (κ1) is 26.1. The van der Waals surface area contributed by atoms with E-state index in [9.17, 15) is 19.5 Å². The summed E-state index contributed by atoms with van der Waals surface area (Å²) in [5, 5.41) is 15.2. The third-order valence-corrected chi connectivity index (χ3v) is 7.58. The van der Waals surface area contributed by atoms with Crippen LogP contribution in [0.5, 0.6) is 11.5 Å². The van der Waals surface area contributed by atoms with Crippen LogP contribution in [0.4, 0.5) is 4.79 Å². The van der Waals surface area contributed by atoms with Crippen LogP contribution in [0.1, 0.15) is 47.1 Å². The molecule has 3 N–H and O–H groups in total. The van der Waals surface area contributed by atoms with E-state index in [0.29, 0.717) is 11.5 Å². The minimum absolute atomic E-state index is 0.0647. The Morgan fingerprint density at radius 3 is 1.83 bits per heavy atom. The Hall–Kier alpha value is -5.11. The van der Waals surface area contributed by atoms with Crippen molar-refractivity contribution in [1.29, 1.82) is 0 Å². The Bertz CT molecular complexity index is 1540. The minimum atomic E-state index is -1.29. The molecule has 0 saturated carbocycles. The molecule has 1 aliphatic heterocycles. The number of benzene rings is 4. The molecule has 6 rings (SSSR count). The zero-order chi connectivity index (χ0) is 28.3. The van der Waals surface area contributed by atoms with Gasteiger partial charge in [0.25, 0.3) is 0 Å². The summed E-state index contributed by atoms with van der Waals surface area (Å²) in [6, 6.07) is 29.1. The highest BCUT2D eigenvalue weighted by Gasteiger charge is 2.31. The number of hydrogen-bond acceptors (Lipinski definition) is 5. The van der Waals surface area contributed by atoms with Gasteiger partial charge in [-0.05, 0) is 40.8 Å². The first-order valence-corrected chi connectivity index (χ1v) is 13.5. The molecule has 8 heteroatoms. The quantitative estimate of drug-likeness (QED) is 0.258. The smallest absolute Gasteiger partial charge is 0.407 e. The highest BCUT2D eigenvalue weighted by atomic mass is 16.5. The molecule has 0 fully saturated rings. The molecule has 8 nitrogen and oxygen atoms in total. The van der Waals surface area contributed by atoms with Crippen LogP contribution in [0, 0.1) is 0 Å². The molecular formula is C33H28N2O6. The summed E-state index contributed by atoms with van der Waals surface area (Å²) in [4.78, 5) is 37.6.